The smallest absolute Gasteiger partial charge is 0.216 e. The number of rotatable bonds is 4. The number of hydrogen-bond donors (Lipinski definition) is 2. The summed E-state index contributed by atoms with van der Waals surface area (Å²) in [7, 11) is -3.34. The van der Waals surface area contributed by atoms with Crippen LogP contribution in [-0.4, -0.2) is 26.7 Å². The Labute approximate surface area is 120 Å². The molecular weight excluding hydrogens is 276 g/mol. The maximum Gasteiger partial charge on any atom is 0.216 e. The van der Waals surface area contributed by atoms with Gasteiger partial charge in [0.25, 0.3) is 0 Å². The Bertz CT molecular complexity index is 552. The Morgan fingerprint density at radius 1 is 1.35 bits per heavy atom. The average Bonchev–Trinajstić information content (AvgIpc) is 2.30. The summed E-state index contributed by atoms with van der Waals surface area (Å²) in [5.41, 5.74) is 6.68. The zero-order valence-electron chi connectivity index (χ0n) is 11.9. The fraction of sp³-hybridized carbons (Fsp3) is 0.571. The molecule has 1 heterocycles. The molecule has 0 aliphatic carbocycles. The number of nitrogens with one attached hydrogen (secondary N) is 1. The van der Waals surface area contributed by atoms with Crippen molar-refractivity contribution in [3.05, 3.63) is 29.8 Å². The van der Waals surface area contributed by atoms with Crippen molar-refractivity contribution in [2.45, 2.75) is 44.1 Å². The Morgan fingerprint density at radius 3 is 2.60 bits per heavy atom. The molecule has 112 valence electrons. The van der Waals surface area contributed by atoms with E-state index >= 15 is 0 Å². The molecule has 1 fully saturated rings. The van der Waals surface area contributed by atoms with Gasteiger partial charge in [0.05, 0.1) is 11.4 Å². The highest BCUT2D eigenvalue weighted by atomic mass is 32.2. The van der Waals surface area contributed by atoms with Gasteiger partial charge in [-0.05, 0) is 44.4 Å². The lowest BCUT2D eigenvalue weighted by Gasteiger charge is -2.35. The van der Waals surface area contributed by atoms with E-state index in [0.717, 1.165) is 5.56 Å². The molecule has 2 rings (SSSR count). The van der Waals surface area contributed by atoms with E-state index in [9.17, 15) is 8.42 Å². The fourth-order valence-electron chi connectivity index (χ4n) is 2.46. The summed E-state index contributed by atoms with van der Waals surface area (Å²) in [6.45, 7) is 4.54. The Kier molecular flexibility index (Phi) is 4.36. The fourth-order valence-corrected chi connectivity index (χ4v) is 3.88. The van der Waals surface area contributed by atoms with E-state index in [2.05, 4.69) is 4.72 Å². The topological polar surface area (TPSA) is 81.4 Å². The summed E-state index contributed by atoms with van der Waals surface area (Å²) in [6.07, 6.45) is 1.40. The minimum atomic E-state index is -3.34. The van der Waals surface area contributed by atoms with Crippen molar-refractivity contribution in [1.29, 1.82) is 0 Å². The Morgan fingerprint density at radius 2 is 2.00 bits per heavy atom. The summed E-state index contributed by atoms with van der Waals surface area (Å²) >= 11 is 0. The summed E-state index contributed by atoms with van der Waals surface area (Å²) in [5.74, 6) is -0.0228. The molecule has 6 heteroatoms. The largest absolute Gasteiger partial charge is 0.399 e. The second-order valence-corrected chi connectivity index (χ2v) is 7.67. The van der Waals surface area contributed by atoms with Crippen molar-refractivity contribution in [2.24, 2.45) is 0 Å². The Hall–Kier alpha value is -1.11. The van der Waals surface area contributed by atoms with Crippen LogP contribution in [0.25, 0.3) is 0 Å². The van der Waals surface area contributed by atoms with Gasteiger partial charge in [0.2, 0.25) is 10.0 Å². The normalized spacial score (nSPS) is 22.6. The molecule has 20 heavy (non-hydrogen) atoms. The molecule has 0 radical (unpaired) electrons. The zero-order chi connectivity index (χ0) is 14.8. The molecule has 1 saturated heterocycles. The van der Waals surface area contributed by atoms with Crippen LogP contribution >= 0.6 is 0 Å². The van der Waals surface area contributed by atoms with Crippen LogP contribution in [0.1, 0.15) is 32.3 Å². The van der Waals surface area contributed by atoms with Crippen LogP contribution in [0.15, 0.2) is 24.3 Å². The lowest BCUT2D eigenvalue weighted by molar-refractivity contribution is -0.0599. The molecule has 0 amide bonds. The molecule has 1 unspecified atom stereocenters. The van der Waals surface area contributed by atoms with Crippen molar-refractivity contribution < 1.29 is 13.2 Å². The molecule has 0 bridgehead atoms. The standard InChI is InChI=1S/C14H22N2O3S/c1-14(2)9-13(7-8-19-14)16-20(17,18)10-11-3-5-12(15)6-4-11/h3-6,13,16H,7-10,15H2,1-2H3. The number of nitrogen functional groups attached to an aromatic ring is 1. The quantitative estimate of drug-likeness (QED) is 0.828. The van der Waals surface area contributed by atoms with Crippen LogP contribution < -0.4 is 10.5 Å². The summed E-state index contributed by atoms with van der Waals surface area (Å²) in [4.78, 5) is 0. The van der Waals surface area contributed by atoms with Gasteiger partial charge in [0.15, 0.2) is 0 Å². The second-order valence-electron chi connectivity index (χ2n) is 5.92. The van der Waals surface area contributed by atoms with Gasteiger partial charge in [0, 0.05) is 18.3 Å². The summed E-state index contributed by atoms with van der Waals surface area (Å²) < 4.78 is 32.7. The lowest BCUT2D eigenvalue weighted by Crippen LogP contribution is -2.46. The van der Waals surface area contributed by atoms with Gasteiger partial charge in [-0.3, -0.25) is 0 Å². The first kappa shape index (κ1) is 15.3. The van der Waals surface area contributed by atoms with Gasteiger partial charge in [0.1, 0.15) is 0 Å². The molecular formula is C14H22N2O3S. The maximum atomic E-state index is 12.2. The molecule has 0 spiro atoms. The van der Waals surface area contributed by atoms with Gasteiger partial charge in [-0.15, -0.1) is 0 Å². The van der Waals surface area contributed by atoms with Crippen LogP contribution in [0.3, 0.4) is 0 Å². The highest BCUT2D eigenvalue weighted by Crippen LogP contribution is 2.24. The SMILES string of the molecule is CC1(C)CC(NS(=O)(=O)Cc2ccc(N)cc2)CCO1. The third-order valence-electron chi connectivity index (χ3n) is 3.38. The highest BCUT2D eigenvalue weighted by Gasteiger charge is 2.31. The van der Waals surface area contributed by atoms with Crippen LogP contribution in [-0.2, 0) is 20.5 Å². The Balaban J connectivity index is 1.98. The first-order chi connectivity index (χ1) is 9.26. The lowest BCUT2D eigenvalue weighted by atomic mass is 9.95. The van der Waals surface area contributed by atoms with E-state index in [-0.39, 0.29) is 17.4 Å². The molecule has 1 aliphatic rings. The minimum absolute atomic E-state index is 0.0228. The second kappa shape index (κ2) is 5.71. The van der Waals surface area contributed by atoms with E-state index < -0.39 is 10.0 Å². The molecule has 1 aliphatic heterocycles. The molecule has 1 aromatic carbocycles. The number of ether oxygens (including phenoxy) is 1. The van der Waals surface area contributed by atoms with Crippen molar-refractivity contribution >= 4 is 15.7 Å². The number of hydrogen-bond acceptors (Lipinski definition) is 4. The molecule has 0 saturated carbocycles. The third-order valence-corrected chi connectivity index (χ3v) is 4.79. The van der Waals surface area contributed by atoms with E-state index in [1.807, 2.05) is 13.8 Å². The number of anilines is 1. The maximum absolute atomic E-state index is 12.2. The van der Waals surface area contributed by atoms with Crippen molar-refractivity contribution in [2.75, 3.05) is 12.3 Å². The van der Waals surface area contributed by atoms with E-state index in [0.29, 0.717) is 25.1 Å². The van der Waals surface area contributed by atoms with Crippen molar-refractivity contribution in [3.63, 3.8) is 0 Å². The number of sulfonamides is 1. The predicted molar refractivity (Wildman–Crippen MR) is 79.7 cm³/mol. The zero-order valence-corrected chi connectivity index (χ0v) is 12.7. The third kappa shape index (κ3) is 4.47. The van der Waals surface area contributed by atoms with Crippen LogP contribution in [0.5, 0.6) is 0 Å². The van der Waals surface area contributed by atoms with E-state index in [1.165, 1.54) is 0 Å². The van der Waals surface area contributed by atoms with E-state index in [1.54, 1.807) is 24.3 Å². The molecule has 1 atom stereocenters. The molecule has 3 N–H and O–H groups in total. The first-order valence-electron chi connectivity index (χ1n) is 6.74. The summed E-state index contributed by atoms with van der Waals surface area (Å²) in [6, 6.07) is 6.84. The van der Waals surface area contributed by atoms with Crippen molar-refractivity contribution in [1.82, 2.24) is 4.72 Å². The number of nitrogens with two attached hydrogens (primary N) is 1. The van der Waals surface area contributed by atoms with Crippen LogP contribution in [0.4, 0.5) is 5.69 Å². The molecule has 5 nitrogen and oxygen atoms in total. The summed E-state index contributed by atoms with van der Waals surface area (Å²) in [5, 5.41) is 0. The molecule has 0 aromatic heterocycles. The van der Waals surface area contributed by atoms with Crippen LogP contribution in [0.2, 0.25) is 0 Å². The van der Waals surface area contributed by atoms with Crippen molar-refractivity contribution in [3.8, 4) is 0 Å². The van der Waals surface area contributed by atoms with E-state index in [4.69, 9.17) is 10.5 Å². The highest BCUT2D eigenvalue weighted by molar-refractivity contribution is 7.88. The molecule has 1 aromatic rings. The van der Waals surface area contributed by atoms with Gasteiger partial charge in [-0.1, -0.05) is 12.1 Å². The van der Waals surface area contributed by atoms with Gasteiger partial charge >= 0.3 is 0 Å². The average molecular weight is 298 g/mol. The van der Waals surface area contributed by atoms with Gasteiger partial charge in [-0.25, -0.2) is 13.1 Å². The number of benzene rings is 1. The predicted octanol–water partition coefficient (Wildman–Crippen LogP) is 1.65. The monoisotopic (exact) mass is 298 g/mol. The van der Waals surface area contributed by atoms with Crippen LogP contribution in [0, 0.1) is 0 Å². The van der Waals surface area contributed by atoms with Gasteiger partial charge in [-0.2, -0.15) is 0 Å². The van der Waals surface area contributed by atoms with Gasteiger partial charge < -0.3 is 10.5 Å². The minimum Gasteiger partial charge on any atom is -0.399 e. The first-order valence-corrected chi connectivity index (χ1v) is 8.39.